The lowest BCUT2D eigenvalue weighted by atomic mass is 9.76. The third-order valence-electron chi connectivity index (χ3n) is 4.97. The van der Waals surface area contributed by atoms with E-state index in [0.29, 0.717) is 0 Å². The Hall–Kier alpha value is -2.27. The van der Waals surface area contributed by atoms with Gasteiger partial charge in [-0.2, -0.15) is 0 Å². The van der Waals surface area contributed by atoms with Gasteiger partial charge in [-0.3, -0.25) is 0 Å². The van der Waals surface area contributed by atoms with E-state index < -0.39 is 5.54 Å². The Kier molecular flexibility index (Phi) is 4.72. The molecule has 1 aliphatic rings. The highest BCUT2D eigenvalue weighted by Gasteiger charge is 2.47. The maximum Gasteiger partial charge on any atom is 0.283 e. The molecule has 128 valence electrons. The number of hydrogen-bond donors (Lipinski definition) is 0. The van der Waals surface area contributed by atoms with E-state index in [-0.39, 0.29) is 4.05 Å². The third-order valence-corrected chi connectivity index (χ3v) is 6.20. The molecule has 26 heavy (non-hydrogen) atoms. The first kappa shape index (κ1) is 17.2. The molecular formula is C23H20IN2+. The topological polar surface area (TPSA) is 15.4 Å². The zero-order valence-electron chi connectivity index (χ0n) is 14.6. The number of nitrogens with zero attached hydrogens (tertiary/aromatic N) is 2. The van der Waals surface area contributed by atoms with Crippen molar-refractivity contribution in [2.45, 2.75) is 16.5 Å². The molecule has 0 fully saturated rings. The van der Waals surface area contributed by atoms with Gasteiger partial charge in [-0.15, -0.1) is 0 Å². The summed E-state index contributed by atoms with van der Waals surface area (Å²) in [6.45, 7) is 2.17. The highest BCUT2D eigenvalue weighted by atomic mass is 127. The summed E-state index contributed by atoms with van der Waals surface area (Å²) in [6, 6.07) is 32.1. The fourth-order valence-electron chi connectivity index (χ4n) is 3.75. The van der Waals surface area contributed by atoms with Crippen molar-refractivity contribution in [1.82, 2.24) is 0 Å². The van der Waals surface area contributed by atoms with Crippen molar-refractivity contribution in [3.8, 4) is 0 Å². The summed E-state index contributed by atoms with van der Waals surface area (Å²) in [5, 5.41) is 0. The van der Waals surface area contributed by atoms with Crippen LogP contribution in [0.3, 0.4) is 0 Å². The van der Waals surface area contributed by atoms with Crippen LogP contribution in [-0.4, -0.2) is 20.7 Å². The molecule has 1 atom stereocenters. The van der Waals surface area contributed by atoms with Crippen LogP contribution in [-0.2, 0) is 5.54 Å². The minimum absolute atomic E-state index is 0.156. The van der Waals surface area contributed by atoms with Crippen molar-refractivity contribution in [2.24, 2.45) is 4.99 Å². The Balaban J connectivity index is 2.14. The van der Waals surface area contributed by atoms with Crippen LogP contribution in [0, 0.1) is 0 Å². The van der Waals surface area contributed by atoms with E-state index in [1.807, 2.05) is 6.34 Å². The number of halogens is 1. The van der Waals surface area contributed by atoms with Crippen molar-refractivity contribution in [1.29, 1.82) is 0 Å². The molecule has 0 bridgehead atoms. The first-order valence-corrected chi connectivity index (χ1v) is 9.96. The second-order valence-electron chi connectivity index (χ2n) is 6.42. The molecule has 0 aromatic heterocycles. The number of alkyl halides is 1. The van der Waals surface area contributed by atoms with Crippen molar-refractivity contribution >= 4 is 34.6 Å². The smallest absolute Gasteiger partial charge is 0.215 e. The lowest BCUT2D eigenvalue weighted by Gasteiger charge is -2.34. The molecule has 4 rings (SSSR count). The standard InChI is InChI=1S/C23H20IN2/c1-18-22(24)25-17-26(18)23(19-11-5-2-6-12-19,20-13-7-3-8-14-20)21-15-9-4-10-16-21/h2-17,22H,1H3/q+1. The van der Waals surface area contributed by atoms with Crippen LogP contribution >= 0.6 is 22.6 Å². The monoisotopic (exact) mass is 451 g/mol. The molecule has 0 spiro atoms. The molecule has 3 aromatic carbocycles. The lowest BCUT2D eigenvalue weighted by molar-refractivity contribution is -0.477. The van der Waals surface area contributed by atoms with Gasteiger partial charge >= 0.3 is 0 Å². The molecule has 0 amide bonds. The molecule has 1 unspecified atom stereocenters. The SMILES string of the molecule is CC1=[N+](C(c2ccccc2)(c2ccccc2)c2ccccc2)C=NC1I. The Morgan fingerprint density at radius 1 is 0.731 bits per heavy atom. The average Bonchev–Trinajstić information content (AvgIpc) is 3.04. The van der Waals surface area contributed by atoms with Gasteiger partial charge in [0.2, 0.25) is 4.05 Å². The van der Waals surface area contributed by atoms with E-state index >= 15 is 0 Å². The molecule has 0 N–H and O–H groups in total. The average molecular weight is 451 g/mol. The molecule has 0 radical (unpaired) electrons. The third kappa shape index (κ3) is 2.71. The highest BCUT2D eigenvalue weighted by Crippen LogP contribution is 2.41. The lowest BCUT2D eigenvalue weighted by Crippen LogP contribution is -2.43. The highest BCUT2D eigenvalue weighted by molar-refractivity contribution is 14.1. The zero-order valence-corrected chi connectivity index (χ0v) is 16.7. The predicted molar refractivity (Wildman–Crippen MR) is 116 cm³/mol. The fourth-order valence-corrected chi connectivity index (χ4v) is 4.19. The van der Waals surface area contributed by atoms with E-state index in [0.717, 1.165) is 0 Å². The van der Waals surface area contributed by atoms with Gasteiger partial charge in [0, 0.05) is 16.7 Å². The van der Waals surface area contributed by atoms with Crippen LogP contribution in [0.1, 0.15) is 23.6 Å². The predicted octanol–water partition coefficient (Wildman–Crippen LogP) is 5.25. The molecule has 2 nitrogen and oxygen atoms in total. The van der Waals surface area contributed by atoms with Gasteiger partial charge in [-0.1, -0.05) is 96.0 Å². The van der Waals surface area contributed by atoms with Gasteiger partial charge in [-0.05, 0) is 29.5 Å². The second-order valence-corrected chi connectivity index (χ2v) is 7.60. The number of hydrogen-bond acceptors (Lipinski definition) is 1. The van der Waals surface area contributed by atoms with Crippen molar-refractivity contribution < 1.29 is 4.58 Å². The number of benzene rings is 3. The minimum Gasteiger partial charge on any atom is -0.215 e. The maximum atomic E-state index is 4.69. The zero-order chi connectivity index (χ0) is 18.0. The molecule has 1 heterocycles. The Morgan fingerprint density at radius 2 is 1.12 bits per heavy atom. The summed E-state index contributed by atoms with van der Waals surface area (Å²) < 4.78 is 2.49. The van der Waals surface area contributed by atoms with E-state index in [2.05, 4.69) is 125 Å². The van der Waals surface area contributed by atoms with Crippen LogP contribution in [0.15, 0.2) is 96.0 Å². The van der Waals surface area contributed by atoms with E-state index in [1.165, 1.54) is 22.4 Å². The van der Waals surface area contributed by atoms with Gasteiger partial charge in [0.05, 0.1) is 0 Å². The minimum atomic E-state index is -0.447. The fraction of sp³-hybridized carbons (Fsp3) is 0.130. The molecule has 0 saturated carbocycles. The largest absolute Gasteiger partial charge is 0.283 e. The summed E-state index contributed by atoms with van der Waals surface area (Å²) in [5.41, 5.74) is 4.48. The number of aliphatic imine (C=N–C) groups is 1. The first-order valence-electron chi connectivity index (χ1n) is 8.71. The van der Waals surface area contributed by atoms with Gasteiger partial charge in [-0.25, -0.2) is 4.58 Å². The van der Waals surface area contributed by atoms with E-state index in [4.69, 9.17) is 4.99 Å². The summed E-state index contributed by atoms with van der Waals surface area (Å²) >= 11 is 2.39. The van der Waals surface area contributed by atoms with Crippen LogP contribution in [0.25, 0.3) is 0 Å². The van der Waals surface area contributed by atoms with E-state index in [1.54, 1.807) is 0 Å². The Morgan fingerprint density at radius 3 is 1.42 bits per heavy atom. The summed E-state index contributed by atoms with van der Waals surface area (Å²) in [6.07, 6.45) is 2.00. The van der Waals surface area contributed by atoms with Gasteiger partial charge in [0.1, 0.15) is 5.71 Å². The molecule has 0 saturated heterocycles. The summed E-state index contributed by atoms with van der Waals surface area (Å²) in [4.78, 5) is 4.69. The normalized spacial score (nSPS) is 16.9. The molecule has 0 aliphatic carbocycles. The Bertz CT molecular complexity index is 851. The molecule has 3 aromatic rings. The van der Waals surface area contributed by atoms with Crippen molar-refractivity contribution in [2.75, 3.05) is 0 Å². The van der Waals surface area contributed by atoms with Crippen LogP contribution in [0.4, 0.5) is 0 Å². The van der Waals surface area contributed by atoms with Crippen molar-refractivity contribution in [3.05, 3.63) is 108 Å². The quantitative estimate of drug-likeness (QED) is 0.169. The molecule has 1 aliphatic heterocycles. The summed E-state index contributed by atoms with van der Waals surface area (Å²) in [5.74, 6) is 0. The van der Waals surface area contributed by atoms with Crippen molar-refractivity contribution in [3.63, 3.8) is 0 Å². The second kappa shape index (κ2) is 7.16. The molecule has 3 heteroatoms. The van der Waals surface area contributed by atoms with Gasteiger partial charge in [0.15, 0.2) is 5.54 Å². The maximum absolute atomic E-state index is 4.69. The first-order chi connectivity index (χ1) is 12.7. The molecular weight excluding hydrogens is 431 g/mol. The van der Waals surface area contributed by atoms with Gasteiger partial charge in [0.25, 0.3) is 6.34 Å². The number of rotatable bonds is 4. The van der Waals surface area contributed by atoms with Gasteiger partial charge < -0.3 is 0 Å². The van der Waals surface area contributed by atoms with E-state index in [9.17, 15) is 0 Å². The van der Waals surface area contributed by atoms with Crippen LogP contribution < -0.4 is 0 Å². The Labute approximate surface area is 168 Å². The van der Waals surface area contributed by atoms with Crippen LogP contribution in [0.2, 0.25) is 0 Å². The van der Waals surface area contributed by atoms with Crippen LogP contribution in [0.5, 0.6) is 0 Å². The summed E-state index contributed by atoms with van der Waals surface area (Å²) in [7, 11) is 0.